The maximum Gasteiger partial charge on any atom is 0.435 e. The highest BCUT2D eigenvalue weighted by atomic mass is 19.4. The van der Waals surface area contributed by atoms with E-state index in [-0.39, 0.29) is 24.4 Å². The summed E-state index contributed by atoms with van der Waals surface area (Å²) in [4.78, 5) is 3.52. The maximum absolute atomic E-state index is 13.1. The number of benzene rings is 1. The van der Waals surface area contributed by atoms with Gasteiger partial charge < -0.3 is 4.74 Å². The number of ether oxygens (including phenoxy) is 1. The molecule has 0 bridgehead atoms. The number of aromatic nitrogens is 3. The summed E-state index contributed by atoms with van der Waals surface area (Å²) >= 11 is 0. The van der Waals surface area contributed by atoms with Crippen molar-refractivity contribution in [2.75, 3.05) is 7.11 Å². The van der Waals surface area contributed by atoms with Crippen LogP contribution in [0.5, 0.6) is 5.75 Å². The molecular weight excluding hydrogens is 400 g/mol. The van der Waals surface area contributed by atoms with Crippen LogP contribution >= 0.6 is 0 Å². The van der Waals surface area contributed by atoms with Crippen molar-refractivity contribution in [3.05, 3.63) is 76.9 Å². The van der Waals surface area contributed by atoms with Gasteiger partial charge in [-0.1, -0.05) is 18.2 Å². The lowest BCUT2D eigenvalue weighted by molar-refractivity contribution is -0.142. The molecule has 0 N–H and O–H groups in total. The molecule has 29 heavy (non-hydrogen) atoms. The fourth-order valence-electron chi connectivity index (χ4n) is 2.70. The number of methoxy groups -OCH3 is 1. The zero-order valence-corrected chi connectivity index (χ0v) is 15.1. The molecule has 0 aliphatic heterocycles. The first-order chi connectivity index (χ1) is 13.6. The van der Waals surface area contributed by atoms with Gasteiger partial charge in [0, 0.05) is 17.8 Å². The van der Waals surface area contributed by atoms with Gasteiger partial charge in [-0.25, -0.2) is 4.98 Å². The maximum atomic E-state index is 13.1. The Morgan fingerprint density at radius 1 is 0.897 bits per heavy atom. The van der Waals surface area contributed by atoms with Gasteiger partial charge in [0.05, 0.1) is 13.7 Å². The number of hydrogen-bond acceptors (Lipinski definition) is 3. The molecule has 154 valence electrons. The summed E-state index contributed by atoms with van der Waals surface area (Å²) in [5.41, 5.74) is -1.48. The molecule has 3 rings (SSSR count). The molecule has 2 heterocycles. The van der Waals surface area contributed by atoms with Gasteiger partial charge in [0.25, 0.3) is 0 Å². The largest absolute Gasteiger partial charge is 0.497 e. The lowest BCUT2D eigenvalue weighted by atomic mass is 10.1. The summed E-state index contributed by atoms with van der Waals surface area (Å²) in [7, 11) is 1.48. The highest BCUT2D eigenvalue weighted by Crippen LogP contribution is 2.30. The van der Waals surface area contributed by atoms with Crippen LogP contribution in [0.4, 0.5) is 26.3 Å². The number of nitrogens with zero attached hydrogens (tertiary/aromatic N) is 3. The minimum absolute atomic E-state index is 0.00830. The van der Waals surface area contributed by atoms with Gasteiger partial charge in [0.2, 0.25) is 0 Å². The second kappa shape index (κ2) is 7.76. The summed E-state index contributed by atoms with van der Waals surface area (Å²) in [6, 6.07) is 10.8. The van der Waals surface area contributed by atoms with Crippen molar-refractivity contribution >= 4 is 0 Å². The Bertz CT molecular complexity index is 977. The molecule has 0 fully saturated rings. The van der Waals surface area contributed by atoms with Crippen LogP contribution in [-0.2, 0) is 25.3 Å². The highest BCUT2D eigenvalue weighted by molar-refractivity contribution is 5.28. The van der Waals surface area contributed by atoms with Crippen LogP contribution < -0.4 is 4.74 Å². The molecule has 10 heteroatoms. The van der Waals surface area contributed by atoms with Gasteiger partial charge in [0.15, 0.2) is 5.69 Å². The van der Waals surface area contributed by atoms with E-state index in [1.54, 1.807) is 24.3 Å². The molecule has 0 aliphatic rings. The first-order valence-corrected chi connectivity index (χ1v) is 8.36. The molecule has 2 aromatic heterocycles. The van der Waals surface area contributed by atoms with E-state index in [0.717, 1.165) is 16.8 Å². The Morgan fingerprint density at radius 2 is 1.55 bits per heavy atom. The van der Waals surface area contributed by atoms with Gasteiger partial charge in [0.1, 0.15) is 11.4 Å². The van der Waals surface area contributed by atoms with Crippen LogP contribution in [0.3, 0.4) is 0 Å². The average Bonchev–Trinajstić information content (AvgIpc) is 3.05. The molecule has 0 atom stereocenters. The van der Waals surface area contributed by atoms with Crippen molar-refractivity contribution in [1.29, 1.82) is 0 Å². The van der Waals surface area contributed by atoms with E-state index in [1.165, 1.54) is 19.2 Å². The topological polar surface area (TPSA) is 39.9 Å². The van der Waals surface area contributed by atoms with Crippen LogP contribution in [0.1, 0.15) is 28.3 Å². The molecule has 1 aromatic carbocycles. The van der Waals surface area contributed by atoms with Crippen molar-refractivity contribution < 1.29 is 31.1 Å². The summed E-state index contributed by atoms with van der Waals surface area (Å²) in [6.45, 7) is 0.00830. The van der Waals surface area contributed by atoms with Crippen LogP contribution in [0.2, 0.25) is 0 Å². The summed E-state index contributed by atoms with van der Waals surface area (Å²) in [6.07, 6.45) is -9.55. The van der Waals surface area contributed by atoms with Crippen molar-refractivity contribution in [1.82, 2.24) is 14.8 Å². The zero-order chi connectivity index (χ0) is 21.2. The quantitative estimate of drug-likeness (QED) is 0.553. The first kappa shape index (κ1) is 20.7. The third kappa shape index (κ3) is 5.07. The monoisotopic (exact) mass is 415 g/mol. The predicted molar refractivity (Wildman–Crippen MR) is 91.4 cm³/mol. The molecule has 0 unspecified atom stereocenters. The fourth-order valence-corrected chi connectivity index (χ4v) is 2.70. The summed E-state index contributed by atoms with van der Waals surface area (Å²) in [5, 5.41) is 3.60. The lowest BCUT2D eigenvalue weighted by Crippen LogP contribution is -2.11. The van der Waals surface area contributed by atoms with E-state index in [2.05, 4.69) is 10.1 Å². The Hall–Kier alpha value is -3.04. The van der Waals surface area contributed by atoms with Crippen molar-refractivity contribution in [3.8, 4) is 5.75 Å². The molecule has 0 aliphatic carbocycles. The SMILES string of the molecule is COc1ccc(Cn2nc(C(F)(F)F)cc2Cc2cccc(C(F)(F)F)n2)cc1. The standard InChI is InChI=1S/C19H15F6N3O/c1-29-15-7-5-12(6-8-15)11-28-14(10-17(27-28)19(23,24)25)9-13-3-2-4-16(26-13)18(20,21)22/h2-8,10H,9,11H2,1H3. The normalized spacial score (nSPS) is 12.2. The number of rotatable bonds is 5. The van der Waals surface area contributed by atoms with Crippen LogP contribution in [0.25, 0.3) is 0 Å². The number of alkyl halides is 6. The van der Waals surface area contributed by atoms with E-state index in [1.807, 2.05) is 0 Å². The number of hydrogen-bond donors (Lipinski definition) is 0. The Morgan fingerprint density at radius 3 is 2.14 bits per heavy atom. The van der Waals surface area contributed by atoms with Gasteiger partial charge >= 0.3 is 12.4 Å². The van der Waals surface area contributed by atoms with E-state index in [9.17, 15) is 26.3 Å². The minimum atomic E-state index is -4.68. The number of halogens is 6. The molecule has 4 nitrogen and oxygen atoms in total. The molecule has 3 aromatic rings. The van der Waals surface area contributed by atoms with E-state index in [4.69, 9.17) is 4.74 Å². The van der Waals surface area contributed by atoms with Crippen molar-refractivity contribution in [2.24, 2.45) is 0 Å². The van der Waals surface area contributed by atoms with Crippen LogP contribution in [0.15, 0.2) is 48.5 Å². The summed E-state index contributed by atoms with van der Waals surface area (Å²) in [5.74, 6) is 0.582. The molecule has 0 saturated heterocycles. The number of pyridine rings is 1. The fraction of sp³-hybridized carbons (Fsp3) is 0.263. The van der Waals surface area contributed by atoms with Gasteiger partial charge in [-0.05, 0) is 35.9 Å². The molecule has 0 spiro atoms. The molecule has 0 radical (unpaired) electrons. The van der Waals surface area contributed by atoms with E-state index in [0.29, 0.717) is 11.3 Å². The molecule has 0 saturated carbocycles. The smallest absolute Gasteiger partial charge is 0.435 e. The Kier molecular flexibility index (Phi) is 5.54. The second-order valence-corrected chi connectivity index (χ2v) is 6.21. The molecule has 0 amide bonds. The van der Waals surface area contributed by atoms with Gasteiger partial charge in [-0.3, -0.25) is 4.68 Å². The van der Waals surface area contributed by atoms with E-state index < -0.39 is 23.7 Å². The van der Waals surface area contributed by atoms with Crippen LogP contribution in [0, 0.1) is 0 Å². The Labute approximate surface area is 161 Å². The lowest BCUT2D eigenvalue weighted by Gasteiger charge is -2.10. The first-order valence-electron chi connectivity index (χ1n) is 8.36. The zero-order valence-electron chi connectivity index (χ0n) is 15.1. The van der Waals surface area contributed by atoms with Gasteiger partial charge in [-0.2, -0.15) is 31.4 Å². The predicted octanol–water partition coefficient (Wildman–Crippen LogP) is 4.96. The van der Waals surface area contributed by atoms with Gasteiger partial charge in [-0.15, -0.1) is 0 Å². The third-order valence-corrected chi connectivity index (χ3v) is 4.10. The average molecular weight is 415 g/mol. The Balaban J connectivity index is 1.93. The summed E-state index contributed by atoms with van der Waals surface area (Å²) < 4.78 is 84.1. The van der Waals surface area contributed by atoms with Crippen molar-refractivity contribution in [3.63, 3.8) is 0 Å². The minimum Gasteiger partial charge on any atom is -0.497 e. The third-order valence-electron chi connectivity index (χ3n) is 4.10. The van der Waals surface area contributed by atoms with Crippen LogP contribution in [-0.4, -0.2) is 21.9 Å². The molecular formula is C19H15F6N3O. The second-order valence-electron chi connectivity index (χ2n) is 6.21. The van der Waals surface area contributed by atoms with E-state index >= 15 is 0 Å². The highest BCUT2D eigenvalue weighted by Gasteiger charge is 2.35. The van der Waals surface area contributed by atoms with Crippen molar-refractivity contribution in [2.45, 2.75) is 25.3 Å².